The van der Waals surface area contributed by atoms with Gasteiger partial charge in [0, 0.05) is 21.8 Å². The number of carbonyl (C=O) groups excluding carboxylic acids is 1. The standard InChI is InChI=1S/C15H15BrN2O3S2/c16-12-3-1-11(2-4-12)13-8-22-15(17-13)18-14(19)7-10-5-6-23(20,21)9-10/h1-4,8,10H,5-7,9H2,(H,17,18,19)/t10-/m1/s1. The Balaban J connectivity index is 1.60. The summed E-state index contributed by atoms with van der Waals surface area (Å²) in [6, 6.07) is 7.78. The topological polar surface area (TPSA) is 76.1 Å². The van der Waals surface area contributed by atoms with Gasteiger partial charge in [0.15, 0.2) is 15.0 Å². The molecule has 122 valence electrons. The van der Waals surface area contributed by atoms with Crippen molar-refractivity contribution in [1.29, 1.82) is 0 Å². The molecule has 0 unspecified atom stereocenters. The molecule has 1 N–H and O–H groups in total. The van der Waals surface area contributed by atoms with Crippen molar-refractivity contribution in [3.8, 4) is 11.3 Å². The number of thiazole rings is 1. The maximum absolute atomic E-state index is 12.0. The number of anilines is 1. The van der Waals surface area contributed by atoms with Gasteiger partial charge >= 0.3 is 0 Å². The second-order valence-corrected chi connectivity index (χ2v) is 9.57. The lowest BCUT2D eigenvalue weighted by Crippen LogP contribution is -2.17. The molecular formula is C15H15BrN2O3S2. The Bertz CT molecular complexity index is 816. The highest BCUT2D eigenvalue weighted by atomic mass is 79.9. The fourth-order valence-electron chi connectivity index (χ4n) is 2.55. The van der Waals surface area contributed by atoms with E-state index in [0.29, 0.717) is 11.6 Å². The van der Waals surface area contributed by atoms with E-state index < -0.39 is 9.84 Å². The molecule has 1 aliphatic heterocycles. The molecule has 0 spiro atoms. The molecular weight excluding hydrogens is 400 g/mol. The third-order valence-corrected chi connectivity index (χ3v) is 6.81. The van der Waals surface area contributed by atoms with Gasteiger partial charge < -0.3 is 5.32 Å². The van der Waals surface area contributed by atoms with Gasteiger partial charge in [-0.1, -0.05) is 28.1 Å². The van der Waals surface area contributed by atoms with Crippen LogP contribution in [0.25, 0.3) is 11.3 Å². The first kappa shape index (κ1) is 16.6. The van der Waals surface area contributed by atoms with Crippen LogP contribution in [0.5, 0.6) is 0 Å². The molecule has 0 bridgehead atoms. The van der Waals surface area contributed by atoms with Crippen molar-refractivity contribution in [1.82, 2.24) is 4.98 Å². The molecule has 1 saturated heterocycles. The largest absolute Gasteiger partial charge is 0.302 e. The number of nitrogens with one attached hydrogen (secondary N) is 1. The average Bonchev–Trinajstić information content (AvgIpc) is 3.06. The molecule has 0 aliphatic carbocycles. The Labute approximate surface area is 147 Å². The first-order chi connectivity index (χ1) is 10.9. The van der Waals surface area contributed by atoms with Crippen LogP contribution in [-0.4, -0.2) is 30.8 Å². The highest BCUT2D eigenvalue weighted by Gasteiger charge is 2.29. The second-order valence-electron chi connectivity index (χ2n) is 5.57. The summed E-state index contributed by atoms with van der Waals surface area (Å²) in [5.41, 5.74) is 1.79. The molecule has 2 heterocycles. The highest BCUT2D eigenvalue weighted by molar-refractivity contribution is 9.10. The Hall–Kier alpha value is -1.25. The zero-order chi connectivity index (χ0) is 16.4. The lowest BCUT2D eigenvalue weighted by atomic mass is 10.1. The summed E-state index contributed by atoms with van der Waals surface area (Å²) >= 11 is 4.75. The molecule has 1 atom stereocenters. The van der Waals surface area contributed by atoms with Crippen LogP contribution in [0.1, 0.15) is 12.8 Å². The SMILES string of the molecule is O=C(C[C@H]1CCS(=O)(=O)C1)Nc1nc(-c2ccc(Br)cc2)cs1. The van der Waals surface area contributed by atoms with Crippen LogP contribution in [0.4, 0.5) is 5.13 Å². The Kier molecular flexibility index (Phi) is 4.84. The number of amides is 1. The molecule has 1 aromatic carbocycles. The summed E-state index contributed by atoms with van der Waals surface area (Å²) < 4.78 is 23.8. The molecule has 2 aromatic rings. The van der Waals surface area contributed by atoms with Gasteiger partial charge in [0.25, 0.3) is 0 Å². The zero-order valence-corrected chi connectivity index (χ0v) is 15.4. The number of rotatable bonds is 4. The summed E-state index contributed by atoms with van der Waals surface area (Å²) in [5.74, 6) is 0.0490. The number of aromatic nitrogens is 1. The van der Waals surface area contributed by atoms with E-state index in [-0.39, 0.29) is 29.8 Å². The number of carbonyl (C=O) groups is 1. The van der Waals surface area contributed by atoms with Crippen LogP contribution < -0.4 is 5.32 Å². The van der Waals surface area contributed by atoms with Crippen LogP contribution in [0.3, 0.4) is 0 Å². The molecule has 1 amide bonds. The lowest BCUT2D eigenvalue weighted by molar-refractivity contribution is -0.116. The maximum atomic E-state index is 12.0. The summed E-state index contributed by atoms with van der Waals surface area (Å²) in [4.78, 5) is 16.4. The van der Waals surface area contributed by atoms with E-state index in [1.807, 2.05) is 29.6 Å². The lowest BCUT2D eigenvalue weighted by Gasteiger charge is -2.06. The van der Waals surface area contributed by atoms with E-state index in [4.69, 9.17) is 0 Å². The first-order valence-corrected chi connectivity index (χ1v) is 10.6. The van der Waals surface area contributed by atoms with E-state index in [0.717, 1.165) is 15.7 Å². The van der Waals surface area contributed by atoms with Crippen molar-refractivity contribution in [3.05, 3.63) is 34.1 Å². The Morgan fingerprint density at radius 1 is 1.35 bits per heavy atom. The molecule has 0 radical (unpaired) electrons. The normalized spacial score (nSPS) is 19.6. The predicted octanol–water partition coefficient (Wildman–Crippen LogP) is 3.34. The van der Waals surface area contributed by atoms with Crippen molar-refractivity contribution in [2.45, 2.75) is 12.8 Å². The van der Waals surface area contributed by atoms with Crippen LogP contribution in [0, 0.1) is 5.92 Å². The zero-order valence-electron chi connectivity index (χ0n) is 12.2. The van der Waals surface area contributed by atoms with Gasteiger partial charge in [-0.2, -0.15) is 0 Å². The quantitative estimate of drug-likeness (QED) is 0.831. The smallest absolute Gasteiger partial charge is 0.226 e. The minimum absolute atomic E-state index is 0.0779. The van der Waals surface area contributed by atoms with Gasteiger partial charge in [0.1, 0.15) is 0 Å². The van der Waals surface area contributed by atoms with E-state index in [2.05, 4.69) is 26.2 Å². The van der Waals surface area contributed by atoms with Crippen molar-refractivity contribution in [2.24, 2.45) is 5.92 Å². The summed E-state index contributed by atoms with van der Waals surface area (Å²) in [6.45, 7) is 0. The van der Waals surface area contributed by atoms with Crippen molar-refractivity contribution < 1.29 is 13.2 Å². The summed E-state index contributed by atoms with van der Waals surface area (Å²) in [7, 11) is -2.95. The number of halogens is 1. The number of hydrogen-bond donors (Lipinski definition) is 1. The molecule has 5 nitrogen and oxygen atoms in total. The van der Waals surface area contributed by atoms with Gasteiger partial charge in [-0.25, -0.2) is 13.4 Å². The number of sulfone groups is 1. The summed E-state index contributed by atoms with van der Waals surface area (Å²) in [5, 5.41) is 5.19. The monoisotopic (exact) mass is 414 g/mol. The third kappa shape index (κ3) is 4.39. The minimum atomic E-state index is -2.95. The summed E-state index contributed by atoms with van der Waals surface area (Å²) in [6.07, 6.45) is 0.796. The highest BCUT2D eigenvalue weighted by Crippen LogP contribution is 2.27. The molecule has 1 aromatic heterocycles. The van der Waals surface area contributed by atoms with Crippen molar-refractivity contribution in [2.75, 3.05) is 16.8 Å². The van der Waals surface area contributed by atoms with E-state index >= 15 is 0 Å². The van der Waals surface area contributed by atoms with Gasteiger partial charge in [0.05, 0.1) is 17.2 Å². The van der Waals surface area contributed by atoms with Crippen LogP contribution in [0.15, 0.2) is 34.1 Å². The van der Waals surface area contributed by atoms with Crippen molar-refractivity contribution >= 4 is 48.1 Å². The molecule has 1 fully saturated rings. The van der Waals surface area contributed by atoms with Gasteiger partial charge in [-0.15, -0.1) is 11.3 Å². The van der Waals surface area contributed by atoms with Crippen LogP contribution in [0.2, 0.25) is 0 Å². The Morgan fingerprint density at radius 2 is 2.09 bits per heavy atom. The number of nitrogens with zero attached hydrogens (tertiary/aromatic N) is 1. The molecule has 3 rings (SSSR count). The molecule has 1 aliphatic rings. The van der Waals surface area contributed by atoms with E-state index in [1.54, 1.807) is 0 Å². The van der Waals surface area contributed by atoms with Gasteiger partial charge in [-0.3, -0.25) is 4.79 Å². The van der Waals surface area contributed by atoms with Crippen molar-refractivity contribution in [3.63, 3.8) is 0 Å². The fraction of sp³-hybridized carbons (Fsp3) is 0.333. The second kappa shape index (κ2) is 6.70. The van der Waals surface area contributed by atoms with Gasteiger partial charge in [-0.05, 0) is 24.5 Å². The molecule has 0 saturated carbocycles. The number of hydrogen-bond acceptors (Lipinski definition) is 5. The van der Waals surface area contributed by atoms with Crippen LogP contribution >= 0.6 is 27.3 Å². The fourth-order valence-corrected chi connectivity index (χ4v) is 5.41. The number of benzene rings is 1. The average molecular weight is 415 g/mol. The molecule has 23 heavy (non-hydrogen) atoms. The van der Waals surface area contributed by atoms with Crippen LogP contribution in [-0.2, 0) is 14.6 Å². The first-order valence-electron chi connectivity index (χ1n) is 7.13. The van der Waals surface area contributed by atoms with E-state index in [9.17, 15) is 13.2 Å². The van der Waals surface area contributed by atoms with E-state index in [1.165, 1.54) is 11.3 Å². The minimum Gasteiger partial charge on any atom is -0.302 e. The molecule has 8 heteroatoms. The maximum Gasteiger partial charge on any atom is 0.226 e. The third-order valence-electron chi connectivity index (χ3n) is 3.69. The predicted molar refractivity (Wildman–Crippen MR) is 95.3 cm³/mol. The van der Waals surface area contributed by atoms with Gasteiger partial charge in [0.2, 0.25) is 5.91 Å². The Morgan fingerprint density at radius 3 is 2.74 bits per heavy atom.